The summed E-state index contributed by atoms with van der Waals surface area (Å²) in [7, 11) is 0. The number of hydrogen-bond donors (Lipinski definition) is 0. The maximum atomic E-state index is 11.8. The van der Waals surface area contributed by atoms with Gasteiger partial charge in [-0.2, -0.15) is 0 Å². The Bertz CT molecular complexity index is 1140. The number of esters is 6. The van der Waals surface area contributed by atoms with Gasteiger partial charge in [-0.05, 0) is 38.5 Å². The highest BCUT2D eigenvalue weighted by Gasteiger charge is 2.48. The molecule has 0 radical (unpaired) electrons. The number of carbonyl (C=O) groups excluding carboxylic acids is 6. The summed E-state index contributed by atoms with van der Waals surface area (Å²) in [5, 5.41) is 0. The van der Waals surface area contributed by atoms with Crippen molar-refractivity contribution in [2.75, 3.05) is 26.4 Å². The van der Waals surface area contributed by atoms with E-state index in [1.54, 1.807) is 0 Å². The van der Waals surface area contributed by atoms with Gasteiger partial charge in [0.2, 0.25) is 0 Å². The van der Waals surface area contributed by atoms with Gasteiger partial charge in [-0.25, -0.2) is 0 Å². The number of rotatable bonds is 26. The SMILES string of the molecule is CC(=O)O[C@@H]1[C@@H](OC(C)=O)[C@H](OCCCCCCCC/C=C/CCCCCCCCO[C@@H]2OC[C@@H](OC(C)=O)[C@H](OC(C)=O)[C@H]2OC(C)=O)OC[C@H]1OC(C)=O. The van der Waals surface area contributed by atoms with Crippen molar-refractivity contribution in [1.82, 2.24) is 0 Å². The average Bonchev–Trinajstić information content (AvgIpc) is 3.10. The zero-order valence-corrected chi connectivity index (χ0v) is 34.0. The molecule has 16 nitrogen and oxygen atoms in total. The summed E-state index contributed by atoms with van der Waals surface area (Å²) in [6, 6.07) is 0. The van der Waals surface area contributed by atoms with Crippen molar-refractivity contribution in [2.45, 2.75) is 181 Å². The average molecular weight is 801 g/mol. The van der Waals surface area contributed by atoms with Crippen LogP contribution in [0.15, 0.2) is 12.2 Å². The molecule has 0 aliphatic carbocycles. The largest absolute Gasteiger partial charge is 0.456 e. The molecule has 2 heterocycles. The summed E-state index contributed by atoms with van der Waals surface area (Å²) in [6.45, 7) is 8.03. The fourth-order valence-corrected chi connectivity index (χ4v) is 6.48. The highest BCUT2D eigenvalue weighted by molar-refractivity contribution is 5.69. The molecule has 56 heavy (non-hydrogen) atoms. The summed E-state index contributed by atoms with van der Waals surface area (Å²) in [4.78, 5) is 70.0. The molecule has 0 saturated carbocycles. The lowest BCUT2D eigenvalue weighted by Crippen LogP contribution is -2.58. The molecule has 0 aromatic rings. The second-order valence-electron chi connectivity index (χ2n) is 14.0. The van der Waals surface area contributed by atoms with Crippen LogP contribution in [-0.2, 0) is 76.1 Å². The predicted octanol–water partition coefficient (Wildman–Crippen LogP) is 5.34. The monoisotopic (exact) mass is 800 g/mol. The van der Waals surface area contributed by atoms with Gasteiger partial charge in [-0.1, -0.05) is 63.5 Å². The van der Waals surface area contributed by atoms with Gasteiger partial charge >= 0.3 is 35.8 Å². The lowest BCUT2D eigenvalue weighted by Gasteiger charge is -2.40. The highest BCUT2D eigenvalue weighted by atomic mass is 16.7. The lowest BCUT2D eigenvalue weighted by atomic mass is 10.0. The van der Waals surface area contributed by atoms with Crippen molar-refractivity contribution in [1.29, 1.82) is 0 Å². The fraction of sp³-hybridized carbons (Fsp3) is 0.800. The van der Waals surface area contributed by atoms with Crippen molar-refractivity contribution in [3.05, 3.63) is 12.2 Å². The molecule has 320 valence electrons. The van der Waals surface area contributed by atoms with Gasteiger partial charge in [-0.3, -0.25) is 28.8 Å². The van der Waals surface area contributed by atoms with Crippen LogP contribution < -0.4 is 0 Å². The maximum absolute atomic E-state index is 11.8. The third-order valence-corrected chi connectivity index (χ3v) is 8.87. The minimum atomic E-state index is -1.06. The minimum Gasteiger partial charge on any atom is -0.456 e. The molecule has 0 amide bonds. The van der Waals surface area contributed by atoms with Crippen molar-refractivity contribution in [3.8, 4) is 0 Å². The maximum Gasteiger partial charge on any atom is 0.303 e. The van der Waals surface area contributed by atoms with Crippen LogP contribution in [0.4, 0.5) is 0 Å². The van der Waals surface area contributed by atoms with Gasteiger partial charge in [0.05, 0.1) is 13.2 Å². The van der Waals surface area contributed by atoms with Crippen molar-refractivity contribution < 1.29 is 76.1 Å². The second-order valence-corrected chi connectivity index (χ2v) is 14.0. The lowest BCUT2D eigenvalue weighted by molar-refractivity contribution is -0.281. The van der Waals surface area contributed by atoms with Gasteiger partial charge in [0.25, 0.3) is 0 Å². The minimum absolute atomic E-state index is 0.0557. The molecule has 8 atom stereocenters. The van der Waals surface area contributed by atoms with Crippen LogP contribution in [0.25, 0.3) is 0 Å². The first-order valence-corrected chi connectivity index (χ1v) is 19.9. The Hall–Kier alpha value is -3.60. The van der Waals surface area contributed by atoms with Gasteiger partial charge in [0, 0.05) is 54.8 Å². The van der Waals surface area contributed by atoms with Gasteiger partial charge < -0.3 is 47.4 Å². The highest BCUT2D eigenvalue weighted by Crippen LogP contribution is 2.27. The molecule has 2 aliphatic heterocycles. The Kier molecular flexibility index (Phi) is 24.2. The molecule has 2 saturated heterocycles. The van der Waals surface area contributed by atoms with Gasteiger partial charge in [0.15, 0.2) is 49.2 Å². The number of ether oxygens (including phenoxy) is 10. The third-order valence-electron chi connectivity index (χ3n) is 8.87. The Morgan fingerprint density at radius 2 is 0.696 bits per heavy atom. The van der Waals surface area contributed by atoms with Crippen LogP contribution in [0.2, 0.25) is 0 Å². The van der Waals surface area contributed by atoms with E-state index in [0.29, 0.717) is 13.2 Å². The summed E-state index contributed by atoms with van der Waals surface area (Å²) >= 11 is 0. The molecule has 0 spiro atoms. The zero-order valence-electron chi connectivity index (χ0n) is 34.0. The Balaban J connectivity index is 1.50. The predicted molar refractivity (Wildman–Crippen MR) is 198 cm³/mol. The quantitative estimate of drug-likeness (QED) is 0.0470. The van der Waals surface area contributed by atoms with Gasteiger partial charge in [0.1, 0.15) is 0 Å². The third kappa shape index (κ3) is 20.5. The molecule has 0 N–H and O–H groups in total. The van der Waals surface area contributed by atoms with Crippen LogP contribution in [-0.4, -0.2) is 111 Å². The first-order valence-electron chi connectivity index (χ1n) is 19.9. The number of allylic oxidation sites excluding steroid dienone is 2. The van der Waals surface area contributed by atoms with E-state index < -0.39 is 85.0 Å². The summed E-state index contributed by atoms with van der Waals surface area (Å²) in [5.74, 6) is -3.54. The number of hydrogen-bond acceptors (Lipinski definition) is 16. The van der Waals surface area contributed by atoms with E-state index >= 15 is 0 Å². The standard InChI is InChI=1S/C40H64O16/c1-27(41)51-33-25-49-39(37(55-31(5)45)35(33)53-29(3)43)47-23-21-19-17-15-13-11-9-7-8-10-12-14-16-18-20-22-24-48-40-38(56-32(6)46)36(54-30(4)44)34(26-50-40)52-28(2)42/h7-8,33-40H,9-26H2,1-6H3/b8-7+/t33-,34-,35+,36+,37-,38-,39-,40-/m1/s1. The van der Waals surface area contributed by atoms with Crippen molar-refractivity contribution in [3.63, 3.8) is 0 Å². The molecule has 0 aromatic heterocycles. The second kappa shape index (κ2) is 27.9. The van der Waals surface area contributed by atoms with Crippen LogP contribution in [0.1, 0.15) is 131 Å². The van der Waals surface area contributed by atoms with Crippen LogP contribution in [0.5, 0.6) is 0 Å². The van der Waals surface area contributed by atoms with E-state index in [1.165, 1.54) is 41.5 Å². The first-order chi connectivity index (χ1) is 26.8. The molecule has 0 bridgehead atoms. The van der Waals surface area contributed by atoms with Crippen molar-refractivity contribution >= 4 is 35.8 Å². The molecule has 2 fully saturated rings. The van der Waals surface area contributed by atoms with E-state index in [4.69, 9.17) is 47.4 Å². The van der Waals surface area contributed by atoms with E-state index in [9.17, 15) is 28.8 Å². The molecular weight excluding hydrogens is 736 g/mol. The number of carbonyl (C=O) groups is 6. The van der Waals surface area contributed by atoms with Crippen LogP contribution >= 0.6 is 0 Å². The Morgan fingerprint density at radius 1 is 0.411 bits per heavy atom. The van der Waals surface area contributed by atoms with Gasteiger partial charge in [-0.15, -0.1) is 0 Å². The molecule has 2 rings (SSSR count). The summed E-state index contributed by atoms with van der Waals surface area (Å²) in [6.07, 6.45) is 11.2. The van der Waals surface area contributed by atoms with E-state index in [2.05, 4.69) is 12.2 Å². The Morgan fingerprint density at radius 3 is 1.02 bits per heavy atom. The number of unbranched alkanes of at least 4 members (excludes halogenated alkanes) is 12. The van der Waals surface area contributed by atoms with Crippen LogP contribution in [0.3, 0.4) is 0 Å². The van der Waals surface area contributed by atoms with E-state index in [-0.39, 0.29) is 13.2 Å². The summed E-state index contributed by atoms with van der Waals surface area (Å²) < 4.78 is 55.0. The Labute approximate surface area is 330 Å². The molecule has 16 heteroatoms. The smallest absolute Gasteiger partial charge is 0.303 e. The van der Waals surface area contributed by atoms with Crippen LogP contribution in [0, 0.1) is 0 Å². The van der Waals surface area contributed by atoms with Crippen molar-refractivity contribution in [2.24, 2.45) is 0 Å². The van der Waals surface area contributed by atoms with E-state index in [1.807, 2.05) is 0 Å². The topological polar surface area (TPSA) is 195 Å². The van der Waals surface area contributed by atoms with E-state index in [0.717, 1.165) is 89.9 Å². The fourth-order valence-electron chi connectivity index (χ4n) is 6.48. The zero-order chi connectivity index (χ0) is 41.3. The first kappa shape index (κ1) is 48.5. The summed E-state index contributed by atoms with van der Waals surface area (Å²) in [5.41, 5.74) is 0. The molecule has 0 aromatic carbocycles. The molecular formula is C40H64O16. The molecule has 2 aliphatic rings. The normalized spacial score (nSPS) is 24.9. The molecule has 0 unspecified atom stereocenters.